The highest BCUT2D eigenvalue weighted by atomic mass is 35.5. The minimum atomic E-state index is -4.75. The minimum absolute atomic E-state index is 0.179. The number of amides is 1. The maximum absolute atomic E-state index is 13.8. The molecule has 2 atom stereocenters. The molecule has 1 aromatic heterocycles. The van der Waals surface area contributed by atoms with E-state index in [0.717, 1.165) is 23.9 Å². The smallest absolute Gasteiger partial charge is 0.363 e. The van der Waals surface area contributed by atoms with Gasteiger partial charge in [0.15, 0.2) is 6.04 Å². The molecule has 0 radical (unpaired) electrons. The lowest BCUT2D eigenvalue weighted by Crippen LogP contribution is -2.36. The first-order valence-corrected chi connectivity index (χ1v) is 10.4. The average molecular weight is 503 g/mol. The number of hydrogen-bond donors (Lipinski definition) is 2. The molecule has 34 heavy (non-hydrogen) atoms. The number of benzene rings is 2. The molecule has 1 amide bonds. The van der Waals surface area contributed by atoms with E-state index in [-0.39, 0.29) is 23.5 Å². The molecular formula is C22H17ClF6N4O. The molecule has 0 spiro atoms. The molecule has 4 rings (SSSR count). The number of carbonyl (C=O) groups is 1. The van der Waals surface area contributed by atoms with Crippen LogP contribution in [-0.2, 0) is 6.18 Å². The molecule has 0 fully saturated rings. The fraction of sp³-hybridized carbons (Fsp3) is 0.273. The van der Waals surface area contributed by atoms with Crippen LogP contribution in [0.25, 0.3) is 0 Å². The Morgan fingerprint density at radius 3 is 2.41 bits per heavy atom. The van der Waals surface area contributed by atoms with Crippen LogP contribution in [0.5, 0.6) is 0 Å². The summed E-state index contributed by atoms with van der Waals surface area (Å²) >= 11 is 5.59. The second kappa shape index (κ2) is 8.53. The number of carbonyl (C=O) groups excluding carboxylic acids is 1. The Bertz CT molecular complexity index is 1220. The zero-order valence-corrected chi connectivity index (χ0v) is 18.2. The monoisotopic (exact) mass is 502 g/mol. The van der Waals surface area contributed by atoms with Crippen molar-refractivity contribution in [2.45, 2.75) is 37.8 Å². The highest BCUT2D eigenvalue weighted by Gasteiger charge is 2.47. The maximum atomic E-state index is 13.8. The van der Waals surface area contributed by atoms with Crippen LogP contribution >= 0.6 is 11.6 Å². The third-order valence-electron chi connectivity index (χ3n) is 5.49. The second-order valence-corrected chi connectivity index (χ2v) is 8.31. The zero-order chi connectivity index (χ0) is 24.8. The van der Waals surface area contributed by atoms with Gasteiger partial charge >= 0.3 is 12.4 Å². The van der Waals surface area contributed by atoms with Gasteiger partial charge in [-0.2, -0.15) is 31.4 Å². The van der Waals surface area contributed by atoms with Crippen molar-refractivity contribution >= 4 is 29.0 Å². The number of fused-ring (bicyclic) bond motifs is 1. The van der Waals surface area contributed by atoms with Gasteiger partial charge in [0.05, 0.1) is 22.8 Å². The van der Waals surface area contributed by atoms with Crippen molar-refractivity contribution in [3.05, 3.63) is 75.9 Å². The molecule has 2 heterocycles. The molecule has 12 heteroatoms. The van der Waals surface area contributed by atoms with E-state index in [1.165, 1.54) is 0 Å². The molecule has 5 nitrogen and oxygen atoms in total. The Hall–Kier alpha value is -3.21. The number of nitrogens with one attached hydrogen (secondary N) is 2. The van der Waals surface area contributed by atoms with Crippen LogP contribution in [0, 0.1) is 6.92 Å². The number of nitrogens with zero attached hydrogens (tertiary/aromatic N) is 2. The van der Waals surface area contributed by atoms with Crippen molar-refractivity contribution in [2.75, 3.05) is 10.6 Å². The predicted octanol–water partition coefficient (Wildman–Crippen LogP) is 6.78. The number of anilines is 2. The van der Waals surface area contributed by atoms with Crippen molar-refractivity contribution in [1.29, 1.82) is 0 Å². The zero-order valence-electron chi connectivity index (χ0n) is 17.4. The fourth-order valence-electron chi connectivity index (χ4n) is 3.76. The first-order valence-electron chi connectivity index (χ1n) is 10.00. The maximum Gasteiger partial charge on any atom is 0.417 e. The van der Waals surface area contributed by atoms with Gasteiger partial charge in [-0.25, -0.2) is 4.68 Å². The summed E-state index contributed by atoms with van der Waals surface area (Å²) < 4.78 is 81.5. The van der Waals surface area contributed by atoms with E-state index >= 15 is 0 Å². The number of aromatic nitrogens is 2. The molecule has 2 N–H and O–H groups in total. The average Bonchev–Trinajstić information content (AvgIpc) is 3.17. The van der Waals surface area contributed by atoms with Crippen LogP contribution in [-0.4, -0.2) is 21.9 Å². The van der Waals surface area contributed by atoms with Gasteiger partial charge < -0.3 is 10.6 Å². The molecule has 0 saturated carbocycles. The summed E-state index contributed by atoms with van der Waals surface area (Å²) in [7, 11) is 0. The van der Waals surface area contributed by atoms with Crippen LogP contribution in [0.4, 0.5) is 37.8 Å². The van der Waals surface area contributed by atoms with Crippen molar-refractivity contribution < 1.29 is 31.1 Å². The molecule has 0 unspecified atom stereocenters. The number of rotatable bonds is 3. The summed E-state index contributed by atoms with van der Waals surface area (Å²) in [5.74, 6) is -1.10. The number of aryl methyl sites for hydroxylation is 1. The summed E-state index contributed by atoms with van der Waals surface area (Å²) in [6.07, 6.45) is -8.79. The molecule has 0 bridgehead atoms. The van der Waals surface area contributed by atoms with Gasteiger partial charge in [0.25, 0.3) is 5.91 Å². The Morgan fingerprint density at radius 1 is 1.12 bits per heavy atom. The molecule has 2 aromatic carbocycles. The van der Waals surface area contributed by atoms with Crippen molar-refractivity contribution in [3.63, 3.8) is 0 Å². The van der Waals surface area contributed by atoms with Crippen molar-refractivity contribution in [1.82, 2.24) is 9.78 Å². The third kappa shape index (κ3) is 4.70. The van der Waals surface area contributed by atoms with Gasteiger partial charge in [-0.15, -0.1) is 0 Å². The van der Waals surface area contributed by atoms with E-state index in [0.29, 0.717) is 16.3 Å². The molecule has 1 aliphatic heterocycles. The van der Waals surface area contributed by atoms with E-state index in [2.05, 4.69) is 15.7 Å². The van der Waals surface area contributed by atoms with Gasteiger partial charge in [-0.3, -0.25) is 4.79 Å². The molecule has 3 aromatic rings. The lowest BCUT2D eigenvalue weighted by molar-refractivity contribution is -0.173. The number of halogens is 7. The Labute approximate surface area is 194 Å². The molecule has 0 aliphatic carbocycles. The van der Waals surface area contributed by atoms with E-state index in [4.69, 9.17) is 11.6 Å². The lowest BCUT2D eigenvalue weighted by Gasteiger charge is -2.34. The van der Waals surface area contributed by atoms with Gasteiger partial charge in [-0.05, 0) is 30.7 Å². The summed E-state index contributed by atoms with van der Waals surface area (Å²) in [5.41, 5.74) is -0.0994. The normalized spacial score (nSPS) is 18.2. The van der Waals surface area contributed by atoms with Crippen LogP contribution in [0.1, 0.15) is 45.6 Å². The standard InChI is InChI=1S/C22H17ClF6N4O/c1-11-2-4-12(5-3-11)17-9-18(22(27,28)29)33-19(32-17)14(10-30-33)20(34)31-13-6-7-16(23)15(8-13)21(24,25)26/h2-8,10,17-18,32H,9H2,1H3,(H,31,34)/t17-,18-/m0/s1. The van der Waals surface area contributed by atoms with Crippen LogP contribution < -0.4 is 10.6 Å². The largest absolute Gasteiger partial charge is 0.417 e. The van der Waals surface area contributed by atoms with Gasteiger partial charge in [-0.1, -0.05) is 41.4 Å². The summed E-state index contributed by atoms with van der Waals surface area (Å²) in [5, 5.41) is 8.41. The Kier molecular flexibility index (Phi) is 6.01. The third-order valence-corrected chi connectivity index (χ3v) is 5.82. The highest BCUT2D eigenvalue weighted by Crippen LogP contribution is 2.44. The quantitative estimate of drug-likeness (QED) is 0.388. The molecule has 180 valence electrons. The Morgan fingerprint density at radius 2 is 1.79 bits per heavy atom. The molecule has 1 aliphatic rings. The topological polar surface area (TPSA) is 59.0 Å². The first kappa shape index (κ1) is 23.9. The van der Waals surface area contributed by atoms with Gasteiger partial charge in [0.2, 0.25) is 0 Å². The first-order chi connectivity index (χ1) is 15.8. The van der Waals surface area contributed by atoms with E-state index in [1.54, 1.807) is 24.3 Å². The van der Waals surface area contributed by atoms with Crippen LogP contribution in [0.15, 0.2) is 48.7 Å². The molecular weight excluding hydrogens is 486 g/mol. The van der Waals surface area contributed by atoms with E-state index in [9.17, 15) is 31.1 Å². The SMILES string of the molecule is Cc1ccc([C@@H]2C[C@@H](C(F)(F)F)n3ncc(C(=O)Nc4ccc(Cl)c(C(F)(F)F)c4)c3N2)cc1. The summed E-state index contributed by atoms with van der Waals surface area (Å²) in [6.45, 7) is 1.84. The lowest BCUT2D eigenvalue weighted by atomic mass is 9.96. The molecule has 0 saturated heterocycles. The van der Waals surface area contributed by atoms with Gasteiger partial charge in [0.1, 0.15) is 11.4 Å². The summed E-state index contributed by atoms with van der Waals surface area (Å²) in [4.78, 5) is 12.8. The van der Waals surface area contributed by atoms with Crippen molar-refractivity contribution in [3.8, 4) is 0 Å². The van der Waals surface area contributed by atoms with Gasteiger partial charge in [0, 0.05) is 12.1 Å². The number of alkyl halides is 6. The van der Waals surface area contributed by atoms with Crippen molar-refractivity contribution in [2.24, 2.45) is 0 Å². The fourth-order valence-corrected chi connectivity index (χ4v) is 3.99. The Balaban J connectivity index is 1.67. The second-order valence-electron chi connectivity index (χ2n) is 7.90. The minimum Gasteiger partial charge on any atom is -0.363 e. The van der Waals surface area contributed by atoms with Crippen LogP contribution in [0.2, 0.25) is 5.02 Å². The highest BCUT2D eigenvalue weighted by molar-refractivity contribution is 6.31. The van der Waals surface area contributed by atoms with Crippen LogP contribution in [0.3, 0.4) is 0 Å². The number of hydrogen-bond acceptors (Lipinski definition) is 3. The predicted molar refractivity (Wildman–Crippen MR) is 114 cm³/mol. The summed E-state index contributed by atoms with van der Waals surface area (Å²) in [6, 6.07) is 6.93. The van der Waals surface area contributed by atoms with E-state index in [1.807, 2.05) is 6.92 Å². The van der Waals surface area contributed by atoms with E-state index < -0.39 is 40.9 Å².